The van der Waals surface area contributed by atoms with Crippen LogP contribution in [0, 0.1) is 5.82 Å². The number of carbonyl (C=O) groups is 1. The molecule has 0 radical (unpaired) electrons. The molecule has 9 heteroatoms. The summed E-state index contributed by atoms with van der Waals surface area (Å²) in [5, 5.41) is 4.45. The summed E-state index contributed by atoms with van der Waals surface area (Å²) in [4.78, 5) is 15.8. The molecule has 0 aliphatic rings. The Morgan fingerprint density at radius 1 is 1.15 bits per heavy atom. The van der Waals surface area contributed by atoms with E-state index in [2.05, 4.69) is 10.1 Å². The largest absolute Gasteiger partial charge is 0.480 e. The van der Waals surface area contributed by atoms with Crippen LogP contribution in [0.3, 0.4) is 0 Å². The Bertz CT molecular complexity index is 915. The van der Waals surface area contributed by atoms with Crippen molar-refractivity contribution in [3.63, 3.8) is 0 Å². The summed E-state index contributed by atoms with van der Waals surface area (Å²) < 4.78 is 28.1. The van der Waals surface area contributed by atoms with Gasteiger partial charge in [-0.05, 0) is 42.5 Å². The van der Waals surface area contributed by atoms with E-state index < -0.39 is 18.4 Å². The van der Waals surface area contributed by atoms with Crippen LogP contribution in [0.2, 0.25) is 10.0 Å². The molecule has 0 unspecified atom stereocenters. The van der Waals surface area contributed by atoms with Gasteiger partial charge >= 0.3 is 5.97 Å². The van der Waals surface area contributed by atoms with Gasteiger partial charge in [-0.3, -0.25) is 0 Å². The van der Waals surface area contributed by atoms with Crippen molar-refractivity contribution >= 4 is 29.2 Å². The average molecular weight is 397 g/mol. The zero-order chi connectivity index (χ0) is 18.5. The maximum Gasteiger partial charge on any atom is 0.344 e. The highest BCUT2D eigenvalue weighted by Crippen LogP contribution is 2.24. The number of hydrogen-bond acceptors (Lipinski definition) is 6. The van der Waals surface area contributed by atoms with Gasteiger partial charge in [0, 0.05) is 10.6 Å². The molecule has 0 fully saturated rings. The van der Waals surface area contributed by atoms with Crippen LogP contribution in [0.25, 0.3) is 11.4 Å². The summed E-state index contributed by atoms with van der Waals surface area (Å²) in [5.74, 6) is -0.521. The number of nitrogens with zero attached hydrogens (tertiary/aromatic N) is 2. The second-order valence-electron chi connectivity index (χ2n) is 5.04. The van der Waals surface area contributed by atoms with E-state index in [0.29, 0.717) is 16.4 Å². The molecule has 0 amide bonds. The number of esters is 1. The van der Waals surface area contributed by atoms with E-state index in [0.717, 1.165) is 6.07 Å². The Morgan fingerprint density at radius 2 is 1.92 bits per heavy atom. The molecule has 26 heavy (non-hydrogen) atoms. The third-order valence-electron chi connectivity index (χ3n) is 3.17. The fourth-order valence-electron chi connectivity index (χ4n) is 1.94. The molecule has 2 aromatic carbocycles. The first-order valence-electron chi connectivity index (χ1n) is 7.33. The number of carbonyl (C=O) groups excluding carboxylic acids is 1. The normalized spacial score (nSPS) is 10.6. The maximum atomic E-state index is 12.9. The Labute approximate surface area is 157 Å². The van der Waals surface area contributed by atoms with Crippen molar-refractivity contribution in [2.24, 2.45) is 0 Å². The molecule has 134 valence electrons. The van der Waals surface area contributed by atoms with Crippen molar-refractivity contribution in [2.45, 2.75) is 6.61 Å². The van der Waals surface area contributed by atoms with Crippen LogP contribution in [0.5, 0.6) is 5.75 Å². The van der Waals surface area contributed by atoms with Crippen LogP contribution in [-0.4, -0.2) is 22.7 Å². The molecule has 3 aromatic rings. The fourth-order valence-corrected chi connectivity index (χ4v) is 2.29. The van der Waals surface area contributed by atoms with Gasteiger partial charge in [0.25, 0.3) is 5.89 Å². The molecule has 3 rings (SSSR count). The molecule has 0 spiro atoms. The topological polar surface area (TPSA) is 74.5 Å². The number of halogens is 3. The predicted octanol–water partition coefficient (Wildman–Crippen LogP) is 4.30. The van der Waals surface area contributed by atoms with Crippen LogP contribution in [0.1, 0.15) is 5.89 Å². The van der Waals surface area contributed by atoms with Crippen molar-refractivity contribution in [2.75, 3.05) is 6.61 Å². The summed E-state index contributed by atoms with van der Waals surface area (Å²) in [6.45, 7) is -0.608. The third kappa shape index (κ3) is 4.71. The molecule has 1 aromatic heterocycles. The number of hydrogen-bond donors (Lipinski definition) is 0. The minimum Gasteiger partial charge on any atom is -0.480 e. The van der Waals surface area contributed by atoms with E-state index in [1.807, 2.05) is 0 Å². The van der Waals surface area contributed by atoms with Gasteiger partial charge in [-0.2, -0.15) is 4.98 Å². The van der Waals surface area contributed by atoms with Gasteiger partial charge in [-0.1, -0.05) is 28.4 Å². The monoisotopic (exact) mass is 396 g/mol. The lowest BCUT2D eigenvalue weighted by Crippen LogP contribution is -2.15. The SMILES string of the molecule is O=C(COc1ccc(F)cc1Cl)OCc1nc(-c2ccc(Cl)cc2)no1. The lowest BCUT2D eigenvalue weighted by molar-refractivity contribution is -0.148. The lowest BCUT2D eigenvalue weighted by atomic mass is 10.2. The minimum absolute atomic E-state index is 0.0577. The van der Waals surface area contributed by atoms with Crippen molar-refractivity contribution in [3.8, 4) is 17.1 Å². The Hall–Kier alpha value is -2.64. The maximum absolute atomic E-state index is 12.9. The highest BCUT2D eigenvalue weighted by Gasteiger charge is 2.12. The second-order valence-corrected chi connectivity index (χ2v) is 5.89. The van der Waals surface area contributed by atoms with Gasteiger partial charge in [0.2, 0.25) is 5.82 Å². The highest BCUT2D eigenvalue weighted by atomic mass is 35.5. The molecular weight excluding hydrogens is 386 g/mol. The van der Waals surface area contributed by atoms with E-state index in [1.165, 1.54) is 12.1 Å². The Kier molecular flexibility index (Phi) is 5.70. The van der Waals surface area contributed by atoms with Gasteiger partial charge in [-0.15, -0.1) is 0 Å². The quantitative estimate of drug-likeness (QED) is 0.578. The van der Waals surface area contributed by atoms with E-state index >= 15 is 0 Å². The number of ether oxygens (including phenoxy) is 2. The molecule has 0 saturated heterocycles. The summed E-state index contributed by atoms with van der Waals surface area (Å²) in [7, 11) is 0. The van der Waals surface area contributed by atoms with Gasteiger partial charge in [0.05, 0.1) is 5.02 Å². The summed E-state index contributed by atoms with van der Waals surface area (Å²) in [6, 6.07) is 10.5. The molecule has 0 saturated carbocycles. The Balaban J connectivity index is 1.51. The first-order chi connectivity index (χ1) is 12.5. The van der Waals surface area contributed by atoms with Crippen LogP contribution >= 0.6 is 23.2 Å². The molecule has 0 atom stereocenters. The van der Waals surface area contributed by atoms with E-state index in [-0.39, 0.29) is 23.3 Å². The highest BCUT2D eigenvalue weighted by molar-refractivity contribution is 6.32. The van der Waals surface area contributed by atoms with E-state index in [9.17, 15) is 9.18 Å². The third-order valence-corrected chi connectivity index (χ3v) is 3.71. The molecule has 0 aliphatic carbocycles. The number of rotatable bonds is 6. The first-order valence-corrected chi connectivity index (χ1v) is 8.09. The van der Waals surface area contributed by atoms with Gasteiger partial charge in [0.1, 0.15) is 11.6 Å². The van der Waals surface area contributed by atoms with Crippen LogP contribution < -0.4 is 4.74 Å². The smallest absolute Gasteiger partial charge is 0.344 e. The van der Waals surface area contributed by atoms with Crippen molar-refractivity contribution in [1.29, 1.82) is 0 Å². The molecule has 6 nitrogen and oxygen atoms in total. The molecule has 0 aliphatic heterocycles. The van der Waals surface area contributed by atoms with Gasteiger partial charge in [-0.25, -0.2) is 9.18 Å². The van der Waals surface area contributed by atoms with Crippen LogP contribution in [-0.2, 0) is 16.1 Å². The second kappa shape index (κ2) is 8.16. The predicted molar refractivity (Wildman–Crippen MR) is 91.4 cm³/mol. The lowest BCUT2D eigenvalue weighted by Gasteiger charge is -2.07. The van der Waals surface area contributed by atoms with Gasteiger partial charge in [0.15, 0.2) is 13.2 Å². The fraction of sp³-hybridized carbons (Fsp3) is 0.118. The molecular formula is C17H11Cl2FN2O4. The number of benzene rings is 2. The minimum atomic E-state index is -0.670. The van der Waals surface area contributed by atoms with E-state index in [4.69, 9.17) is 37.2 Å². The molecule has 0 bridgehead atoms. The average Bonchev–Trinajstić information content (AvgIpc) is 3.09. The number of aromatic nitrogens is 2. The summed E-state index contributed by atoms with van der Waals surface area (Å²) in [6.07, 6.45) is 0. The van der Waals surface area contributed by atoms with Gasteiger partial charge < -0.3 is 14.0 Å². The van der Waals surface area contributed by atoms with Crippen LogP contribution in [0.4, 0.5) is 4.39 Å². The van der Waals surface area contributed by atoms with E-state index in [1.54, 1.807) is 24.3 Å². The zero-order valence-electron chi connectivity index (χ0n) is 13.1. The van der Waals surface area contributed by atoms with Crippen molar-refractivity contribution in [3.05, 3.63) is 64.2 Å². The first kappa shape index (κ1) is 18.2. The van der Waals surface area contributed by atoms with Crippen LogP contribution in [0.15, 0.2) is 47.0 Å². The molecule has 1 heterocycles. The summed E-state index contributed by atoms with van der Waals surface area (Å²) >= 11 is 11.6. The van der Waals surface area contributed by atoms with Crippen molar-refractivity contribution < 1.29 is 23.2 Å². The Morgan fingerprint density at radius 3 is 2.65 bits per heavy atom. The van der Waals surface area contributed by atoms with Crippen molar-refractivity contribution in [1.82, 2.24) is 10.1 Å². The summed E-state index contributed by atoms with van der Waals surface area (Å²) in [5.41, 5.74) is 0.713. The zero-order valence-corrected chi connectivity index (χ0v) is 14.6. The standard InChI is InChI=1S/C17H11Cl2FN2O4/c18-11-3-1-10(2-4-11)17-21-15(26-22-17)8-25-16(23)9-24-14-6-5-12(20)7-13(14)19/h1-7H,8-9H2. The molecule has 0 N–H and O–H groups in total.